The maximum absolute atomic E-state index is 11.3. The van der Waals surface area contributed by atoms with Gasteiger partial charge in [-0.05, 0) is 6.92 Å². The largest absolute Gasteiger partial charge is 0.496 e. The molecule has 0 aliphatic carbocycles. The lowest BCUT2D eigenvalue weighted by molar-refractivity contribution is -0.118. The van der Waals surface area contributed by atoms with Crippen molar-refractivity contribution in [3.63, 3.8) is 0 Å². The predicted molar refractivity (Wildman–Crippen MR) is 55.3 cm³/mol. The summed E-state index contributed by atoms with van der Waals surface area (Å²) in [4.78, 5) is 22.4. The Morgan fingerprint density at radius 3 is 2.73 bits per heavy atom. The third-order valence-electron chi connectivity index (χ3n) is 2.21. The summed E-state index contributed by atoms with van der Waals surface area (Å²) >= 11 is 0. The minimum Gasteiger partial charge on any atom is -0.496 e. The fourth-order valence-corrected chi connectivity index (χ4v) is 1.33. The van der Waals surface area contributed by atoms with Gasteiger partial charge in [-0.15, -0.1) is 0 Å². The lowest BCUT2D eigenvalue weighted by Gasteiger charge is -2.08. The van der Waals surface area contributed by atoms with Gasteiger partial charge in [0, 0.05) is 18.4 Å². The highest BCUT2D eigenvalue weighted by molar-refractivity contribution is 5.81. The van der Waals surface area contributed by atoms with Crippen LogP contribution in [0.15, 0.2) is 15.3 Å². The summed E-state index contributed by atoms with van der Waals surface area (Å²) in [5, 5.41) is 0. The van der Waals surface area contributed by atoms with E-state index in [-0.39, 0.29) is 12.2 Å². The minimum absolute atomic E-state index is 0.0882. The van der Waals surface area contributed by atoms with Gasteiger partial charge in [0.15, 0.2) is 0 Å². The molecule has 1 aromatic rings. The number of carbonyl (C=O) groups is 1. The molecule has 0 aliphatic heterocycles. The van der Waals surface area contributed by atoms with Crippen LogP contribution in [0.4, 0.5) is 0 Å². The number of aryl methyl sites for hydroxylation is 1. The molecule has 0 N–H and O–H groups in total. The van der Waals surface area contributed by atoms with E-state index >= 15 is 0 Å². The quantitative estimate of drug-likeness (QED) is 0.755. The van der Waals surface area contributed by atoms with Gasteiger partial charge in [-0.1, -0.05) is 6.92 Å². The van der Waals surface area contributed by atoms with E-state index in [4.69, 9.17) is 9.15 Å². The summed E-state index contributed by atoms with van der Waals surface area (Å²) in [6, 6.07) is 1.26. The van der Waals surface area contributed by atoms with Crippen molar-refractivity contribution in [2.75, 3.05) is 7.11 Å². The molecule has 1 heterocycles. The van der Waals surface area contributed by atoms with Crippen LogP contribution >= 0.6 is 0 Å². The van der Waals surface area contributed by atoms with Gasteiger partial charge in [-0.2, -0.15) is 0 Å². The molecule has 0 aromatic carbocycles. The van der Waals surface area contributed by atoms with Crippen LogP contribution in [-0.2, 0) is 11.2 Å². The normalized spacial score (nSPS) is 10.1. The SMILES string of the molecule is CCC(=O)Cc1c(OC)cc(=O)oc1C. The molecule has 0 spiro atoms. The summed E-state index contributed by atoms with van der Waals surface area (Å²) in [5.41, 5.74) is 0.195. The Labute approximate surface area is 87.9 Å². The molecule has 0 amide bonds. The Bertz CT molecular complexity index is 417. The predicted octanol–water partition coefficient (Wildman–Crippen LogP) is 1.48. The molecule has 4 nitrogen and oxygen atoms in total. The van der Waals surface area contributed by atoms with Crippen LogP contribution < -0.4 is 10.4 Å². The summed E-state index contributed by atoms with van der Waals surface area (Å²) in [6.07, 6.45) is 0.705. The van der Waals surface area contributed by atoms with Crippen LogP contribution in [0.5, 0.6) is 5.75 Å². The second kappa shape index (κ2) is 4.77. The van der Waals surface area contributed by atoms with E-state index in [2.05, 4.69) is 0 Å². The first-order valence-corrected chi connectivity index (χ1v) is 4.77. The standard InChI is InChI=1S/C11H14O4/c1-4-8(12)5-9-7(2)15-11(13)6-10(9)14-3/h6H,4-5H2,1-3H3. The second-order valence-corrected chi connectivity index (χ2v) is 3.24. The summed E-state index contributed by atoms with van der Waals surface area (Å²) < 4.78 is 9.95. The van der Waals surface area contributed by atoms with E-state index in [0.29, 0.717) is 23.5 Å². The maximum Gasteiger partial charge on any atom is 0.339 e. The summed E-state index contributed by atoms with van der Waals surface area (Å²) in [7, 11) is 1.47. The van der Waals surface area contributed by atoms with E-state index in [1.165, 1.54) is 13.2 Å². The molecule has 0 fully saturated rings. The van der Waals surface area contributed by atoms with E-state index in [0.717, 1.165) is 0 Å². The molecule has 82 valence electrons. The van der Waals surface area contributed by atoms with Crippen LogP contribution in [0, 0.1) is 6.92 Å². The van der Waals surface area contributed by atoms with Crippen molar-refractivity contribution in [3.05, 3.63) is 27.8 Å². The molecule has 1 rings (SSSR count). The van der Waals surface area contributed by atoms with Crippen molar-refractivity contribution in [2.24, 2.45) is 0 Å². The Morgan fingerprint density at radius 1 is 1.53 bits per heavy atom. The van der Waals surface area contributed by atoms with Crippen LogP contribution in [0.1, 0.15) is 24.7 Å². The van der Waals surface area contributed by atoms with Gasteiger partial charge in [0.2, 0.25) is 0 Å². The second-order valence-electron chi connectivity index (χ2n) is 3.24. The first-order valence-electron chi connectivity index (χ1n) is 4.77. The number of hydrogen-bond donors (Lipinski definition) is 0. The van der Waals surface area contributed by atoms with Gasteiger partial charge < -0.3 is 9.15 Å². The van der Waals surface area contributed by atoms with E-state index in [9.17, 15) is 9.59 Å². The topological polar surface area (TPSA) is 56.5 Å². The van der Waals surface area contributed by atoms with Crippen molar-refractivity contribution in [3.8, 4) is 5.75 Å². The van der Waals surface area contributed by atoms with Crippen molar-refractivity contribution < 1.29 is 13.9 Å². The highest BCUT2D eigenvalue weighted by atomic mass is 16.5. The van der Waals surface area contributed by atoms with Crippen LogP contribution in [0.2, 0.25) is 0 Å². The Hall–Kier alpha value is -1.58. The Balaban J connectivity index is 3.15. The molecule has 15 heavy (non-hydrogen) atoms. The average molecular weight is 210 g/mol. The zero-order valence-electron chi connectivity index (χ0n) is 9.12. The Kier molecular flexibility index (Phi) is 3.66. The molecule has 0 aliphatic rings. The molecule has 0 saturated heterocycles. The fraction of sp³-hybridized carbons (Fsp3) is 0.455. The van der Waals surface area contributed by atoms with Gasteiger partial charge in [0.1, 0.15) is 17.3 Å². The lowest BCUT2D eigenvalue weighted by Crippen LogP contribution is -2.09. The third-order valence-corrected chi connectivity index (χ3v) is 2.21. The van der Waals surface area contributed by atoms with E-state index < -0.39 is 5.63 Å². The number of hydrogen-bond acceptors (Lipinski definition) is 4. The van der Waals surface area contributed by atoms with Crippen molar-refractivity contribution >= 4 is 5.78 Å². The van der Waals surface area contributed by atoms with Gasteiger partial charge in [-0.25, -0.2) is 4.79 Å². The molecule has 0 saturated carbocycles. The maximum atomic E-state index is 11.3. The molecule has 0 bridgehead atoms. The molecular formula is C11H14O4. The van der Waals surface area contributed by atoms with Gasteiger partial charge in [0.05, 0.1) is 13.2 Å². The molecule has 0 atom stereocenters. The molecule has 1 aromatic heterocycles. The van der Waals surface area contributed by atoms with Gasteiger partial charge in [-0.3, -0.25) is 4.79 Å². The first-order chi connectivity index (χ1) is 7.08. The van der Waals surface area contributed by atoms with Crippen molar-refractivity contribution in [1.82, 2.24) is 0 Å². The Morgan fingerprint density at radius 2 is 2.20 bits per heavy atom. The third kappa shape index (κ3) is 2.68. The van der Waals surface area contributed by atoms with E-state index in [1.54, 1.807) is 13.8 Å². The van der Waals surface area contributed by atoms with Crippen LogP contribution in [0.3, 0.4) is 0 Å². The number of ether oxygens (including phenoxy) is 1. The number of methoxy groups -OCH3 is 1. The first kappa shape index (κ1) is 11.5. The highest BCUT2D eigenvalue weighted by Gasteiger charge is 2.13. The van der Waals surface area contributed by atoms with Crippen molar-refractivity contribution in [1.29, 1.82) is 0 Å². The number of ketones is 1. The van der Waals surface area contributed by atoms with Gasteiger partial charge in [0.25, 0.3) is 0 Å². The summed E-state index contributed by atoms with van der Waals surface area (Å²) in [5.74, 6) is 0.956. The number of carbonyl (C=O) groups excluding carboxylic acids is 1. The van der Waals surface area contributed by atoms with Gasteiger partial charge >= 0.3 is 5.63 Å². The minimum atomic E-state index is -0.461. The van der Waals surface area contributed by atoms with E-state index in [1.807, 2.05) is 0 Å². The molecule has 0 unspecified atom stereocenters. The zero-order valence-corrected chi connectivity index (χ0v) is 9.12. The summed E-state index contributed by atoms with van der Waals surface area (Å²) in [6.45, 7) is 3.45. The van der Waals surface area contributed by atoms with Crippen LogP contribution in [0.25, 0.3) is 0 Å². The number of Topliss-reactive ketones (excluding diaryl/α,β-unsaturated/α-hetero) is 1. The van der Waals surface area contributed by atoms with Crippen molar-refractivity contribution in [2.45, 2.75) is 26.7 Å². The number of rotatable bonds is 4. The van der Waals surface area contributed by atoms with Crippen LogP contribution in [-0.4, -0.2) is 12.9 Å². The lowest BCUT2D eigenvalue weighted by atomic mass is 10.1. The zero-order chi connectivity index (χ0) is 11.4. The molecule has 0 radical (unpaired) electrons. The smallest absolute Gasteiger partial charge is 0.339 e. The monoisotopic (exact) mass is 210 g/mol. The fourth-order valence-electron chi connectivity index (χ4n) is 1.33. The molecular weight excluding hydrogens is 196 g/mol. The average Bonchev–Trinajstić information content (AvgIpc) is 2.21. The molecule has 4 heteroatoms. The highest BCUT2D eigenvalue weighted by Crippen LogP contribution is 2.20.